The van der Waals surface area contributed by atoms with Gasteiger partial charge >= 0.3 is 5.97 Å². The lowest BCUT2D eigenvalue weighted by molar-refractivity contribution is -0.146. The predicted molar refractivity (Wildman–Crippen MR) is 68.0 cm³/mol. The molecule has 0 amide bonds. The smallest absolute Gasteiger partial charge is 0.312 e. The van der Waals surface area contributed by atoms with Crippen LogP contribution < -0.4 is 0 Å². The summed E-state index contributed by atoms with van der Waals surface area (Å²) in [5.74, 6) is 0.176. The van der Waals surface area contributed by atoms with E-state index in [2.05, 4.69) is 13.5 Å². The lowest BCUT2D eigenvalue weighted by atomic mass is 9.73. The molecule has 3 aliphatic rings. The Morgan fingerprint density at radius 2 is 2.00 bits per heavy atom. The number of carbonyl (C=O) groups is 1. The molecule has 2 heterocycles. The average molecular weight is 250 g/mol. The lowest BCUT2D eigenvalue weighted by Gasteiger charge is -2.26. The zero-order valence-corrected chi connectivity index (χ0v) is 11.5. The maximum Gasteiger partial charge on any atom is 0.312 e. The van der Waals surface area contributed by atoms with E-state index in [4.69, 9.17) is 9.47 Å². The van der Waals surface area contributed by atoms with Gasteiger partial charge in [-0.1, -0.05) is 6.58 Å². The van der Waals surface area contributed by atoms with Crippen molar-refractivity contribution in [3.8, 4) is 0 Å². The second-order valence-corrected chi connectivity index (χ2v) is 6.81. The normalized spacial score (nSPS) is 46.3. The Morgan fingerprint density at radius 3 is 2.72 bits per heavy atom. The van der Waals surface area contributed by atoms with Gasteiger partial charge < -0.3 is 9.47 Å². The summed E-state index contributed by atoms with van der Waals surface area (Å²) in [6.07, 6.45) is 4.23. The molecule has 3 nitrogen and oxygen atoms in total. The number of carbonyl (C=O) groups excluding carboxylic acids is 1. The van der Waals surface area contributed by atoms with Gasteiger partial charge in [-0.05, 0) is 52.0 Å². The van der Waals surface area contributed by atoms with E-state index >= 15 is 0 Å². The highest BCUT2D eigenvalue weighted by molar-refractivity contribution is 5.79. The van der Waals surface area contributed by atoms with Crippen LogP contribution in [0.4, 0.5) is 0 Å². The topological polar surface area (TPSA) is 38.8 Å². The second kappa shape index (κ2) is 3.60. The summed E-state index contributed by atoms with van der Waals surface area (Å²) in [5.41, 5.74) is 0.717. The molecule has 0 N–H and O–H groups in total. The molecule has 3 rings (SSSR count). The maximum atomic E-state index is 12.0. The van der Waals surface area contributed by atoms with Crippen molar-refractivity contribution in [2.24, 2.45) is 11.3 Å². The van der Waals surface area contributed by atoms with E-state index in [0.29, 0.717) is 6.10 Å². The predicted octanol–water partition coefficient (Wildman–Crippen LogP) is 2.84. The molecule has 0 aromatic rings. The molecular formula is C15H22O3. The molecule has 2 unspecified atom stereocenters. The van der Waals surface area contributed by atoms with E-state index in [-0.39, 0.29) is 23.6 Å². The molecule has 100 valence electrons. The molecule has 4 atom stereocenters. The molecule has 0 radical (unpaired) electrons. The van der Waals surface area contributed by atoms with Crippen LogP contribution in [-0.2, 0) is 14.3 Å². The second-order valence-electron chi connectivity index (χ2n) is 6.81. The summed E-state index contributed by atoms with van der Waals surface area (Å²) in [7, 11) is 0. The molecule has 2 aliphatic heterocycles. The molecule has 1 aliphatic carbocycles. The fourth-order valence-electron chi connectivity index (χ4n) is 3.54. The molecule has 3 fully saturated rings. The van der Waals surface area contributed by atoms with E-state index in [1.54, 1.807) is 0 Å². The third kappa shape index (κ3) is 1.63. The van der Waals surface area contributed by atoms with E-state index < -0.39 is 5.41 Å². The Bertz CT molecular complexity index is 412. The minimum absolute atomic E-state index is 0.0386. The van der Waals surface area contributed by atoms with Gasteiger partial charge in [0.25, 0.3) is 0 Å². The minimum Gasteiger partial charge on any atom is -0.457 e. The fraction of sp³-hybridized carbons (Fsp3) is 0.800. The third-order valence-electron chi connectivity index (χ3n) is 5.17. The first-order chi connectivity index (χ1) is 8.34. The molecule has 1 saturated carbocycles. The summed E-state index contributed by atoms with van der Waals surface area (Å²) in [4.78, 5) is 12.0. The first-order valence-corrected chi connectivity index (χ1v) is 6.91. The van der Waals surface area contributed by atoms with E-state index in [0.717, 1.165) is 31.3 Å². The summed E-state index contributed by atoms with van der Waals surface area (Å²) >= 11 is 0. The van der Waals surface area contributed by atoms with Crippen molar-refractivity contribution in [2.45, 2.75) is 64.3 Å². The largest absolute Gasteiger partial charge is 0.457 e. The first-order valence-electron chi connectivity index (χ1n) is 6.91. The number of hydrogen-bond donors (Lipinski definition) is 0. The first kappa shape index (κ1) is 12.2. The van der Waals surface area contributed by atoms with Gasteiger partial charge in [-0.25, -0.2) is 0 Å². The van der Waals surface area contributed by atoms with Crippen molar-refractivity contribution in [3.05, 3.63) is 12.2 Å². The van der Waals surface area contributed by atoms with Crippen LogP contribution in [0.2, 0.25) is 0 Å². The van der Waals surface area contributed by atoms with Gasteiger partial charge in [-0.2, -0.15) is 0 Å². The standard InChI is InChI=1S/C15H22O3/c1-9-5-6-11-15(4,18-11)8-7-10-12(9)17-13(16)14(10,2)3/h10-12H,1,5-8H2,2-4H3/t10-,11?,12-,15?/m1/s1. The van der Waals surface area contributed by atoms with Crippen LogP contribution in [0.3, 0.4) is 0 Å². The Balaban J connectivity index is 1.87. The molecule has 0 aromatic carbocycles. The Labute approximate surface area is 109 Å². The maximum absolute atomic E-state index is 12.0. The highest BCUT2D eigenvalue weighted by Gasteiger charge is 2.57. The quantitative estimate of drug-likeness (QED) is 0.377. The van der Waals surface area contributed by atoms with Gasteiger partial charge in [-0.3, -0.25) is 4.79 Å². The summed E-state index contributed by atoms with van der Waals surface area (Å²) in [5, 5.41) is 0. The minimum atomic E-state index is -0.390. The Morgan fingerprint density at radius 1 is 1.28 bits per heavy atom. The van der Waals surface area contributed by atoms with Crippen molar-refractivity contribution in [1.82, 2.24) is 0 Å². The molecule has 0 aromatic heterocycles. The van der Waals surface area contributed by atoms with Crippen LogP contribution in [0, 0.1) is 11.3 Å². The van der Waals surface area contributed by atoms with Crippen LogP contribution in [0.1, 0.15) is 46.5 Å². The average Bonchev–Trinajstić information content (AvgIpc) is 2.86. The van der Waals surface area contributed by atoms with E-state index in [1.807, 2.05) is 13.8 Å². The van der Waals surface area contributed by atoms with Crippen LogP contribution in [0.5, 0.6) is 0 Å². The highest BCUT2D eigenvalue weighted by atomic mass is 16.6. The van der Waals surface area contributed by atoms with Gasteiger partial charge in [0.15, 0.2) is 0 Å². The van der Waals surface area contributed by atoms with Gasteiger partial charge in [0.1, 0.15) is 6.10 Å². The molecule has 2 saturated heterocycles. The molecular weight excluding hydrogens is 228 g/mol. The summed E-state index contributed by atoms with van der Waals surface area (Å²) in [6.45, 7) is 10.3. The number of fused-ring (bicyclic) bond motifs is 2. The monoisotopic (exact) mass is 250 g/mol. The zero-order chi connectivity index (χ0) is 13.1. The van der Waals surface area contributed by atoms with Crippen LogP contribution in [0.25, 0.3) is 0 Å². The molecule has 0 spiro atoms. The summed E-state index contributed by atoms with van der Waals surface area (Å²) in [6, 6.07) is 0. The SMILES string of the molecule is C=C1CCC2OC2(C)CC[C@@H]2[C@@H]1OC(=O)C2(C)C. The fourth-order valence-corrected chi connectivity index (χ4v) is 3.54. The number of rotatable bonds is 0. The highest BCUT2D eigenvalue weighted by Crippen LogP contribution is 2.51. The summed E-state index contributed by atoms with van der Waals surface area (Å²) < 4.78 is 11.4. The van der Waals surface area contributed by atoms with Crippen LogP contribution in [-0.4, -0.2) is 23.8 Å². The van der Waals surface area contributed by atoms with Gasteiger partial charge in [0, 0.05) is 5.92 Å². The number of epoxide rings is 1. The van der Waals surface area contributed by atoms with Crippen LogP contribution in [0.15, 0.2) is 12.2 Å². The van der Waals surface area contributed by atoms with Gasteiger partial charge in [0.2, 0.25) is 0 Å². The number of hydrogen-bond acceptors (Lipinski definition) is 3. The van der Waals surface area contributed by atoms with E-state index in [9.17, 15) is 4.79 Å². The molecule has 18 heavy (non-hydrogen) atoms. The lowest BCUT2D eigenvalue weighted by Crippen LogP contribution is -2.30. The van der Waals surface area contributed by atoms with Crippen molar-refractivity contribution >= 4 is 5.97 Å². The van der Waals surface area contributed by atoms with Crippen molar-refractivity contribution in [3.63, 3.8) is 0 Å². The van der Waals surface area contributed by atoms with Crippen molar-refractivity contribution in [1.29, 1.82) is 0 Å². The Kier molecular flexibility index (Phi) is 2.44. The van der Waals surface area contributed by atoms with E-state index in [1.165, 1.54) is 0 Å². The molecule has 0 bridgehead atoms. The van der Waals surface area contributed by atoms with Gasteiger partial charge in [-0.15, -0.1) is 0 Å². The van der Waals surface area contributed by atoms with Gasteiger partial charge in [0.05, 0.1) is 17.1 Å². The zero-order valence-electron chi connectivity index (χ0n) is 11.5. The van der Waals surface area contributed by atoms with Crippen molar-refractivity contribution in [2.75, 3.05) is 0 Å². The third-order valence-corrected chi connectivity index (χ3v) is 5.17. The number of ether oxygens (including phenoxy) is 2. The molecule has 3 heteroatoms. The Hall–Kier alpha value is -0.830. The number of esters is 1. The van der Waals surface area contributed by atoms with Crippen molar-refractivity contribution < 1.29 is 14.3 Å². The van der Waals surface area contributed by atoms with Crippen LogP contribution >= 0.6 is 0 Å².